The van der Waals surface area contributed by atoms with Crippen molar-refractivity contribution < 1.29 is 0 Å². The lowest BCUT2D eigenvalue weighted by Crippen LogP contribution is -1.99. The third-order valence-electron chi connectivity index (χ3n) is 2.30. The first kappa shape index (κ1) is 9.52. The molecule has 0 amide bonds. The van der Waals surface area contributed by atoms with Gasteiger partial charge < -0.3 is 0 Å². The molecule has 0 aromatic heterocycles. The predicted molar refractivity (Wildman–Crippen MR) is 62.0 cm³/mol. The van der Waals surface area contributed by atoms with Gasteiger partial charge in [-0.3, -0.25) is 0 Å². The molecule has 0 bridgehead atoms. The molecule has 1 heteroatoms. The summed E-state index contributed by atoms with van der Waals surface area (Å²) in [6.07, 6.45) is 0. The van der Waals surface area contributed by atoms with E-state index in [0.717, 1.165) is 0 Å². The SMILES string of the molecule is Cc1ccc(-c2cc[c]([Al])cc2)cc1. The summed E-state index contributed by atoms with van der Waals surface area (Å²) in [5, 5.41) is 0. The van der Waals surface area contributed by atoms with E-state index < -0.39 is 0 Å². The Morgan fingerprint density at radius 1 is 0.714 bits per heavy atom. The van der Waals surface area contributed by atoms with Crippen LogP contribution < -0.4 is 4.43 Å². The monoisotopic (exact) mass is 194 g/mol. The Hall–Kier alpha value is -1.03. The number of benzene rings is 2. The number of rotatable bonds is 1. The second-order valence-electron chi connectivity index (χ2n) is 3.49. The van der Waals surface area contributed by atoms with Crippen LogP contribution in [0, 0.1) is 6.92 Å². The van der Waals surface area contributed by atoms with Gasteiger partial charge in [-0.05, 0) is 18.1 Å². The maximum absolute atomic E-state index is 2.70. The quantitative estimate of drug-likeness (QED) is 0.612. The molecule has 2 aromatic rings. The van der Waals surface area contributed by atoms with Gasteiger partial charge in [-0.15, -0.1) is 4.43 Å². The molecule has 0 unspecified atom stereocenters. The zero-order valence-electron chi connectivity index (χ0n) is 8.20. The molecule has 2 aromatic carbocycles. The molecular formula is C13H11Al. The van der Waals surface area contributed by atoms with Crippen molar-refractivity contribution in [2.24, 2.45) is 0 Å². The third kappa shape index (κ3) is 2.07. The standard InChI is InChI=1S/C13H11.Al/c1-11-7-9-13(10-8-11)12-5-3-2-4-6-12;/h3-10H,1H3;. The van der Waals surface area contributed by atoms with Crippen molar-refractivity contribution in [1.82, 2.24) is 0 Å². The van der Waals surface area contributed by atoms with Gasteiger partial charge in [-0.1, -0.05) is 54.1 Å². The van der Waals surface area contributed by atoms with Crippen molar-refractivity contribution in [2.75, 3.05) is 0 Å². The number of hydrogen-bond donors (Lipinski definition) is 0. The highest BCUT2D eigenvalue weighted by atomic mass is 27.0. The molecule has 0 aliphatic rings. The molecule has 0 aliphatic heterocycles. The Balaban J connectivity index is 2.40. The van der Waals surface area contributed by atoms with Crippen LogP contribution in [0.4, 0.5) is 0 Å². The van der Waals surface area contributed by atoms with Gasteiger partial charge in [-0.2, -0.15) is 0 Å². The fourth-order valence-electron chi connectivity index (χ4n) is 1.42. The number of hydrogen-bond acceptors (Lipinski definition) is 0. The molecule has 0 saturated carbocycles. The topological polar surface area (TPSA) is 0 Å². The fraction of sp³-hybridized carbons (Fsp3) is 0.0769. The van der Waals surface area contributed by atoms with E-state index in [9.17, 15) is 0 Å². The second-order valence-corrected chi connectivity index (χ2v) is 4.15. The first-order chi connectivity index (χ1) is 6.75. The largest absolute Gasteiger partial charge is 0.175 e. The van der Waals surface area contributed by atoms with Crippen LogP contribution in [-0.2, 0) is 0 Å². The summed E-state index contributed by atoms with van der Waals surface area (Å²) in [6, 6.07) is 17.1. The van der Waals surface area contributed by atoms with Crippen molar-refractivity contribution >= 4 is 20.7 Å². The average Bonchev–Trinajstić information content (AvgIpc) is 2.21. The molecule has 0 N–H and O–H groups in total. The van der Waals surface area contributed by atoms with Gasteiger partial charge in [0, 0.05) is 0 Å². The molecule has 0 aliphatic carbocycles. The first-order valence-corrected chi connectivity index (χ1v) is 5.26. The van der Waals surface area contributed by atoms with Crippen molar-refractivity contribution in [2.45, 2.75) is 6.92 Å². The Bertz CT molecular complexity index is 368. The smallest absolute Gasteiger partial charge is 0.139 e. The summed E-state index contributed by atoms with van der Waals surface area (Å²) in [6.45, 7) is 2.11. The summed E-state index contributed by atoms with van der Waals surface area (Å²) >= 11 is 2.70. The molecular weight excluding hydrogens is 183 g/mol. The summed E-state index contributed by atoms with van der Waals surface area (Å²) in [5.41, 5.74) is 3.85. The molecule has 14 heavy (non-hydrogen) atoms. The molecule has 2 rings (SSSR count). The van der Waals surface area contributed by atoms with E-state index >= 15 is 0 Å². The Morgan fingerprint density at radius 2 is 1.14 bits per heavy atom. The van der Waals surface area contributed by atoms with Crippen LogP contribution in [0.2, 0.25) is 0 Å². The van der Waals surface area contributed by atoms with Crippen molar-refractivity contribution in [3.63, 3.8) is 0 Å². The minimum atomic E-state index is 1.22. The van der Waals surface area contributed by atoms with Gasteiger partial charge in [-0.25, -0.2) is 0 Å². The lowest BCUT2D eigenvalue weighted by atomic mass is 10.0. The molecule has 0 fully saturated rings. The maximum Gasteiger partial charge on any atom is 0.175 e. The van der Waals surface area contributed by atoms with E-state index in [2.05, 4.69) is 71.7 Å². The third-order valence-corrected chi connectivity index (χ3v) is 2.68. The lowest BCUT2D eigenvalue weighted by Gasteiger charge is -2.02. The van der Waals surface area contributed by atoms with E-state index in [4.69, 9.17) is 0 Å². The predicted octanol–water partition coefficient (Wildman–Crippen LogP) is 2.46. The average molecular weight is 194 g/mol. The highest BCUT2D eigenvalue weighted by Gasteiger charge is 1.95. The van der Waals surface area contributed by atoms with E-state index in [1.807, 2.05) is 0 Å². The van der Waals surface area contributed by atoms with Gasteiger partial charge in [0.15, 0.2) is 16.3 Å². The summed E-state index contributed by atoms with van der Waals surface area (Å²) in [4.78, 5) is 0. The zero-order valence-corrected chi connectivity index (χ0v) is 9.35. The van der Waals surface area contributed by atoms with Crippen LogP contribution in [0.15, 0.2) is 48.5 Å². The van der Waals surface area contributed by atoms with Crippen LogP contribution in [0.3, 0.4) is 0 Å². The van der Waals surface area contributed by atoms with Crippen LogP contribution in [0.25, 0.3) is 11.1 Å². The van der Waals surface area contributed by atoms with Gasteiger partial charge in [0.25, 0.3) is 0 Å². The highest BCUT2D eigenvalue weighted by Crippen LogP contribution is 2.18. The van der Waals surface area contributed by atoms with Crippen LogP contribution >= 0.6 is 0 Å². The molecule has 0 atom stereocenters. The Morgan fingerprint density at radius 3 is 1.64 bits per heavy atom. The van der Waals surface area contributed by atoms with E-state index in [1.165, 1.54) is 21.1 Å². The van der Waals surface area contributed by atoms with Crippen LogP contribution in [-0.4, -0.2) is 16.3 Å². The molecule has 66 valence electrons. The Labute approximate surface area is 93.0 Å². The molecule has 0 nitrogen and oxygen atoms in total. The number of aryl methyl sites for hydroxylation is 1. The minimum absolute atomic E-state index is 1.22. The van der Waals surface area contributed by atoms with Gasteiger partial charge in [0.05, 0.1) is 0 Å². The van der Waals surface area contributed by atoms with Gasteiger partial charge >= 0.3 is 0 Å². The minimum Gasteiger partial charge on any atom is -0.139 e. The lowest BCUT2D eigenvalue weighted by molar-refractivity contribution is 1.47. The fourth-order valence-corrected chi connectivity index (χ4v) is 1.61. The van der Waals surface area contributed by atoms with E-state index in [0.29, 0.717) is 0 Å². The summed E-state index contributed by atoms with van der Waals surface area (Å²) in [5.74, 6) is 0. The van der Waals surface area contributed by atoms with Crippen LogP contribution in [0.5, 0.6) is 0 Å². The molecule has 0 spiro atoms. The maximum atomic E-state index is 2.70. The van der Waals surface area contributed by atoms with E-state index in [1.54, 1.807) is 0 Å². The highest BCUT2D eigenvalue weighted by molar-refractivity contribution is 6.32. The van der Waals surface area contributed by atoms with Crippen molar-refractivity contribution in [3.05, 3.63) is 54.1 Å². The van der Waals surface area contributed by atoms with Gasteiger partial charge in [0.2, 0.25) is 0 Å². The van der Waals surface area contributed by atoms with Crippen molar-refractivity contribution in [3.8, 4) is 11.1 Å². The summed E-state index contributed by atoms with van der Waals surface area (Å²) < 4.78 is 1.22. The summed E-state index contributed by atoms with van der Waals surface area (Å²) in [7, 11) is 0. The second kappa shape index (κ2) is 4.00. The Kier molecular flexibility index (Phi) is 2.72. The normalized spacial score (nSPS) is 10.1. The first-order valence-electron chi connectivity index (χ1n) is 4.68. The molecule has 0 saturated heterocycles. The van der Waals surface area contributed by atoms with Gasteiger partial charge in [0.1, 0.15) is 0 Å². The van der Waals surface area contributed by atoms with Crippen LogP contribution in [0.1, 0.15) is 5.56 Å². The van der Waals surface area contributed by atoms with E-state index in [-0.39, 0.29) is 0 Å². The van der Waals surface area contributed by atoms with Crippen molar-refractivity contribution in [1.29, 1.82) is 0 Å². The zero-order chi connectivity index (χ0) is 9.97. The molecule has 0 heterocycles. The molecule has 2 radical (unpaired) electrons.